The fourth-order valence-electron chi connectivity index (χ4n) is 3.71. The summed E-state index contributed by atoms with van der Waals surface area (Å²) >= 11 is 2.55. The van der Waals surface area contributed by atoms with Crippen LogP contribution in [0.5, 0.6) is 23.0 Å². The molecule has 168 valence electrons. The van der Waals surface area contributed by atoms with E-state index in [-0.39, 0.29) is 35.9 Å². The van der Waals surface area contributed by atoms with Gasteiger partial charge in [-0.25, -0.2) is 0 Å². The fourth-order valence-corrected chi connectivity index (χ4v) is 5.65. The van der Waals surface area contributed by atoms with Gasteiger partial charge in [0.2, 0.25) is 5.78 Å². The molecule has 1 aliphatic carbocycles. The second-order valence-corrected chi connectivity index (χ2v) is 8.60. The largest absolute Gasteiger partial charge is 0.489 e. The molecule has 0 unspecified atom stereocenters. The number of rotatable bonds is 6. The van der Waals surface area contributed by atoms with Crippen LogP contribution in [-0.4, -0.2) is 51.2 Å². The summed E-state index contributed by atoms with van der Waals surface area (Å²) < 4.78 is 34.3. The Morgan fingerprint density at radius 2 is 1.16 bits per heavy atom. The van der Waals surface area contributed by atoms with Gasteiger partial charge in [0.15, 0.2) is 34.5 Å². The highest BCUT2D eigenvalue weighted by Crippen LogP contribution is 2.51. The van der Waals surface area contributed by atoms with Crippen molar-refractivity contribution in [2.75, 3.05) is 39.6 Å². The first kappa shape index (κ1) is 20.9. The van der Waals surface area contributed by atoms with E-state index in [2.05, 4.69) is 0 Å². The van der Waals surface area contributed by atoms with Gasteiger partial charge < -0.3 is 28.4 Å². The lowest BCUT2D eigenvalue weighted by Crippen LogP contribution is -2.26. The van der Waals surface area contributed by atoms with Crippen LogP contribution in [-0.2, 0) is 19.1 Å². The average Bonchev–Trinajstić information content (AvgIpc) is 3.42. The molecule has 0 fully saturated rings. The fraction of sp³-hybridized carbons (Fsp3) is 0.364. The van der Waals surface area contributed by atoms with Crippen LogP contribution < -0.4 is 18.9 Å². The van der Waals surface area contributed by atoms with Crippen molar-refractivity contribution in [1.82, 2.24) is 0 Å². The third-order valence-electron chi connectivity index (χ3n) is 4.95. The Kier molecular flexibility index (Phi) is 5.56. The molecule has 0 atom stereocenters. The van der Waals surface area contributed by atoms with E-state index >= 15 is 0 Å². The summed E-state index contributed by atoms with van der Waals surface area (Å²) in [5, 5.41) is 3.53. The molecule has 0 spiro atoms. The molecular formula is C22H20O8S2. The summed E-state index contributed by atoms with van der Waals surface area (Å²) in [7, 11) is 0. The molecule has 2 aromatic rings. The molecule has 2 aliphatic heterocycles. The number of carbonyl (C=O) groups excluding carboxylic acids is 2. The first-order valence-corrected chi connectivity index (χ1v) is 12.0. The van der Waals surface area contributed by atoms with Crippen LogP contribution in [0.15, 0.2) is 22.3 Å². The Morgan fingerprint density at radius 1 is 0.719 bits per heavy atom. The number of thiophene rings is 2. The molecule has 2 aromatic heterocycles. The van der Waals surface area contributed by atoms with Crippen molar-refractivity contribution in [3.63, 3.8) is 0 Å². The standard InChI is InChI=1S/C22H20O8S2/c1-3-25-19-13(21-17-11(9-31-21)27-5-7-29-17)15(23)14(20(16(19)24)26-4-2)22-18-12(10-32-22)28-6-8-30-18/h9-10H,3-8H2,1-2H3. The highest BCUT2D eigenvalue weighted by Gasteiger charge is 2.43. The van der Waals surface area contributed by atoms with Gasteiger partial charge >= 0.3 is 0 Å². The Morgan fingerprint density at radius 3 is 1.59 bits per heavy atom. The quantitative estimate of drug-likeness (QED) is 0.583. The molecule has 0 saturated carbocycles. The summed E-state index contributed by atoms with van der Waals surface area (Å²) in [5.74, 6) is 1.00. The van der Waals surface area contributed by atoms with E-state index in [0.29, 0.717) is 59.2 Å². The molecule has 0 aromatic carbocycles. The molecule has 8 nitrogen and oxygen atoms in total. The topological polar surface area (TPSA) is 89.5 Å². The minimum atomic E-state index is -0.490. The number of ether oxygens (including phenoxy) is 6. The van der Waals surface area contributed by atoms with Crippen LogP contribution in [0.2, 0.25) is 0 Å². The first-order valence-electron chi connectivity index (χ1n) is 10.2. The second kappa shape index (κ2) is 8.51. The van der Waals surface area contributed by atoms with Gasteiger partial charge in [-0.05, 0) is 13.8 Å². The van der Waals surface area contributed by atoms with Crippen molar-refractivity contribution in [3.8, 4) is 23.0 Å². The zero-order chi connectivity index (χ0) is 22.2. The summed E-state index contributed by atoms with van der Waals surface area (Å²) in [5.41, 5.74) is 0.289. The average molecular weight is 477 g/mol. The zero-order valence-corrected chi connectivity index (χ0v) is 19.1. The molecule has 0 saturated heterocycles. The van der Waals surface area contributed by atoms with Crippen molar-refractivity contribution in [2.24, 2.45) is 0 Å². The molecule has 10 heteroatoms. The summed E-state index contributed by atoms with van der Waals surface area (Å²) in [6, 6.07) is 0. The molecule has 0 radical (unpaired) electrons. The Hall–Kier alpha value is -2.98. The van der Waals surface area contributed by atoms with Crippen LogP contribution in [0.4, 0.5) is 0 Å². The van der Waals surface area contributed by atoms with Crippen molar-refractivity contribution in [2.45, 2.75) is 13.8 Å². The van der Waals surface area contributed by atoms with Gasteiger partial charge in [0.05, 0.1) is 34.1 Å². The van der Waals surface area contributed by atoms with E-state index in [1.807, 2.05) is 0 Å². The van der Waals surface area contributed by atoms with E-state index in [0.717, 1.165) is 0 Å². The van der Waals surface area contributed by atoms with Gasteiger partial charge in [-0.15, -0.1) is 22.7 Å². The molecule has 0 N–H and O–H groups in total. The number of allylic oxidation sites excluding steroid dienone is 2. The van der Waals surface area contributed by atoms with Crippen LogP contribution in [0.3, 0.4) is 0 Å². The summed E-state index contributed by atoms with van der Waals surface area (Å²) in [6.45, 7) is 5.49. The minimum Gasteiger partial charge on any atom is -0.489 e. The SMILES string of the molecule is CCOC1=C(c2scc3c2OCCO3)C(=O)C(c2scc3c2OCCO3)=C(OCC)C1=O. The molecule has 5 rings (SSSR count). The maximum absolute atomic E-state index is 14.0. The molecule has 0 bridgehead atoms. The Bertz CT molecular complexity index is 1070. The zero-order valence-electron chi connectivity index (χ0n) is 17.5. The molecule has 0 amide bonds. The lowest BCUT2D eigenvalue weighted by molar-refractivity contribution is -0.120. The monoisotopic (exact) mass is 476 g/mol. The van der Waals surface area contributed by atoms with E-state index in [9.17, 15) is 9.59 Å². The number of hydrogen-bond acceptors (Lipinski definition) is 10. The maximum atomic E-state index is 14.0. The van der Waals surface area contributed by atoms with Gasteiger partial charge in [-0.1, -0.05) is 0 Å². The normalized spacial score (nSPS) is 17.7. The first-order chi connectivity index (χ1) is 15.7. The lowest BCUT2D eigenvalue weighted by atomic mass is 9.90. The van der Waals surface area contributed by atoms with Crippen molar-refractivity contribution >= 4 is 45.4 Å². The van der Waals surface area contributed by atoms with E-state index < -0.39 is 11.6 Å². The van der Waals surface area contributed by atoms with Crippen LogP contribution in [0.25, 0.3) is 11.1 Å². The van der Waals surface area contributed by atoms with Gasteiger partial charge in [-0.3, -0.25) is 9.59 Å². The maximum Gasteiger partial charge on any atom is 0.263 e. The van der Waals surface area contributed by atoms with Crippen molar-refractivity contribution in [1.29, 1.82) is 0 Å². The second-order valence-electron chi connectivity index (χ2n) is 6.84. The highest BCUT2D eigenvalue weighted by molar-refractivity contribution is 7.13. The molecular weight excluding hydrogens is 456 g/mol. The highest BCUT2D eigenvalue weighted by atomic mass is 32.1. The third-order valence-corrected chi connectivity index (χ3v) is 6.87. The van der Waals surface area contributed by atoms with Crippen molar-refractivity contribution in [3.05, 3.63) is 32.0 Å². The van der Waals surface area contributed by atoms with Gasteiger partial charge in [-0.2, -0.15) is 0 Å². The van der Waals surface area contributed by atoms with E-state index in [1.165, 1.54) is 22.7 Å². The predicted octanol–water partition coefficient (Wildman–Crippen LogP) is 3.70. The number of Topliss-reactive ketones (excluding diaryl/α,β-unsaturated/α-hetero) is 2. The number of carbonyl (C=O) groups is 2. The number of fused-ring (bicyclic) bond motifs is 2. The van der Waals surface area contributed by atoms with Gasteiger partial charge in [0.25, 0.3) is 5.78 Å². The molecule has 32 heavy (non-hydrogen) atoms. The van der Waals surface area contributed by atoms with Crippen LogP contribution in [0, 0.1) is 0 Å². The Labute approximate surface area is 191 Å². The molecule has 3 aliphatic rings. The minimum absolute atomic E-state index is 0.0499. The smallest absolute Gasteiger partial charge is 0.263 e. The van der Waals surface area contributed by atoms with Crippen LogP contribution in [0.1, 0.15) is 23.6 Å². The van der Waals surface area contributed by atoms with Crippen LogP contribution >= 0.6 is 22.7 Å². The van der Waals surface area contributed by atoms with Crippen molar-refractivity contribution < 1.29 is 38.0 Å². The lowest BCUT2D eigenvalue weighted by Gasteiger charge is -2.24. The molecule has 4 heterocycles. The van der Waals surface area contributed by atoms with Gasteiger partial charge in [0.1, 0.15) is 26.4 Å². The number of ketones is 2. The van der Waals surface area contributed by atoms with E-state index in [1.54, 1.807) is 24.6 Å². The summed E-state index contributed by atoms with van der Waals surface area (Å²) in [6.07, 6.45) is 0. The third kappa shape index (κ3) is 3.25. The summed E-state index contributed by atoms with van der Waals surface area (Å²) in [4.78, 5) is 28.5. The van der Waals surface area contributed by atoms with E-state index in [4.69, 9.17) is 28.4 Å². The predicted molar refractivity (Wildman–Crippen MR) is 118 cm³/mol. The number of hydrogen-bond donors (Lipinski definition) is 0. The Balaban J connectivity index is 1.70. The van der Waals surface area contributed by atoms with Gasteiger partial charge in [0, 0.05) is 10.8 Å².